The average molecular weight is 429 g/mol. The number of hydrogen-bond donors (Lipinski definition) is 0. The summed E-state index contributed by atoms with van der Waals surface area (Å²) >= 11 is 0. The molecule has 0 spiro atoms. The minimum Gasteiger partial charge on any atom is -0.456 e. The van der Waals surface area contributed by atoms with Crippen molar-refractivity contribution in [3.8, 4) is 0 Å². The number of hydrogen-bond acceptors (Lipinski definition) is 3. The van der Waals surface area contributed by atoms with Crippen molar-refractivity contribution in [1.29, 1.82) is 0 Å². The molecule has 0 saturated carbocycles. The normalized spacial score (nSPS) is 11.8. The summed E-state index contributed by atoms with van der Waals surface area (Å²) in [5, 5.41) is 5.10. The lowest BCUT2D eigenvalue weighted by Crippen LogP contribution is -2.74. The highest BCUT2D eigenvalue weighted by molar-refractivity contribution is 7.20. The molecular formula is C28H20N2OSi-. The van der Waals surface area contributed by atoms with Crippen LogP contribution in [0.3, 0.4) is 0 Å². The van der Waals surface area contributed by atoms with E-state index in [0.717, 1.165) is 22.2 Å². The second-order valence-electron chi connectivity index (χ2n) is 7.84. The molecule has 0 saturated heterocycles. The molecule has 0 unspecified atom stereocenters. The average Bonchev–Trinajstić information content (AvgIpc) is 3.26. The van der Waals surface area contributed by atoms with Crippen LogP contribution in [0.15, 0.2) is 126 Å². The summed E-state index contributed by atoms with van der Waals surface area (Å²) < 4.78 is 6.46. The molecule has 0 aliphatic rings. The Morgan fingerprint density at radius 3 is 1.59 bits per heavy atom. The fourth-order valence-corrected chi connectivity index (χ4v) is 9.65. The number of fused-ring (bicyclic) bond motifs is 3. The molecule has 3 nitrogen and oxygen atoms in total. The summed E-state index contributed by atoms with van der Waals surface area (Å²) in [4.78, 5) is 9.26. The zero-order valence-electron chi connectivity index (χ0n) is 17.3. The summed E-state index contributed by atoms with van der Waals surface area (Å²) in [5.74, 6) is 0. The molecule has 0 N–H and O–H groups in total. The van der Waals surface area contributed by atoms with Crippen LogP contribution in [0.1, 0.15) is 0 Å². The van der Waals surface area contributed by atoms with Gasteiger partial charge in [-0.2, -0.15) is 15.6 Å². The fourth-order valence-electron chi connectivity index (χ4n) is 4.81. The highest BCUT2D eigenvalue weighted by atomic mass is 28.3. The standard InChI is InChI=1S/C28H20N2OSi/c1-4-11-21(12-5-1)32(22-13-6-2-7-14-22,23-15-8-3-9-16-23)25-18-20-30-27-26-24(31-28(25)27)17-10-19-29-26/h1-20H/q-1. The van der Waals surface area contributed by atoms with Gasteiger partial charge in [-0.3, -0.25) is 9.97 Å². The van der Waals surface area contributed by atoms with Crippen LogP contribution in [-0.2, 0) is 0 Å². The maximum Gasteiger partial charge on any atom is 0.155 e. The number of benzene rings is 3. The van der Waals surface area contributed by atoms with Crippen LogP contribution in [0, 0.1) is 0 Å². The van der Waals surface area contributed by atoms with Gasteiger partial charge in [-0.15, -0.1) is 5.19 Å². The van der Waals surface area contributed by atoms with E-state index in [1.807, 2.05) is 18.3 Å². The number of aromatic nitrogens is 2. The number of pyridine rings is 2. The van der Waals surface area contributed by atoms with Gasteiger partial charge < -0.3 is 4.42 Å². The van der Waals surface area contributed by atoms with E-state index in [1.54, 1.807) is 6.20 Å². The Morgan fingerprint density at radius 1 is 0.500 bits per heavy atom. The third-order valence-corrected chi connectivity index (χ3v) is 10.9. The summed E-state index contributed by atoms with van der Waals surface area (Å²) in [6.45, 7) is 0. The smallest absolute Gasteiger partial charge is 0.155 e. The summed E-state index contributed by atoms with van der Waals surface area (Å²) in [6.07, 6.45) is 3.69. The van der Waals surface area contributed by atoms with Gasteiger partial charge in [0.15, 0.2) is 5.58 Å². The molecule has 0 atom stereocenters. The van der Waals surface area contributed by atoms with E-state index >= 15 is 0 Å². The van der Waals surface area contributed by atoms with Crippen LogP contribution in [0.25, 0.3) is 22.2 Å². The van der Waals surface area contributed by atoms with E-state index in [0.29, 0.717) is 0 Å². The fraction of sp³-hybridized carbons (Fsp3) is 0. The zero-order valence-corrected chi connectivity index (χ0v) is 18.3. The van der Waals surface area contributed by atoms with Gasteiger partial charge in [-0.05, 0) is 20.2 Å². The van der Waals surface area contributed by atoms with Crippen molar-refractivity contribution in [1.82, 2.24) is 9.97 Å². The van der Waals surface area contributed by atoms with Crippen molar-refractivity contribution in [3.63, 3.8) is 0 Å². The maximum absolute atomic E-state index is 6.46. The maximum atomic E-state index is 6.46. The lowest BCUT2D eigenvalue weighted by Gasteiger charge is -2.46. The molecule has 0 radical (unpaired) electrons. The van der Waals surface area contributed by atoms with E-state index in [-0.39, 0.29) is 0 Å². The predicted molar refractivity (Wildman–Crippen MR) is 133 cm³/mol. The van der Waals surface area contributed by atoms with Gasteiger partial charge in [0.25, 0.3) is 0 Å². The lowest BCUT2D eigenvalue weighted by molar-refractivity contribution is 0.670. The second kappa shape index (κ2) is 7.59. The highest BCUT2D eigenvalue weighted by Gasteiger charge is 2.31. The van der Waals surface area contributed by atoms with Gasteiger partial charge >= 0.3 is 0 Å². The SMILES string of the molecule is c1ccc([Si-](c2ccccc2)(c2ccccc2)c2ccnc3c2oc2cccnc23)cc1. The van der Waals surface area contributed by atoms with Gasteiger partial charge in [0.1, 0.15) is 16.6 Å². The van der Waals surface area contributed by atoms with E-state index in [9.17, 15) is 0 Å². The van der Waals surface area contributed by atoms with Gasteiger partial charge in [0.2, 0.25) is 0 Å². The van der Waals surface area contributed by atoms with Crippen molar-refractivity contribution in [3.05, 3.63) is 122 Å². The Labute approximate surface area is 187 Å². The predicted octanol–water partition coefficient (Wildman–Crippen LogP) is 3.75. The molecule has 3 aromatic heterocycles. The van der Waals surface area contributed by atoms with Gasteiger partial charge in [0.05, 0.1) is 0 Å². The molecule has 6 rings (SSSR count). The van der Waals surface area contributed by atoms with Crippen molar-refractivity contribution >= 4 is 51.0 Å². The Kier molecular flexibility index (Phi) is 4.44. The van der Waals surface area contributed by atoms with E-state index in [1.165, 1.54) is 20.7 Å². The van der Waals surface area contributed by atoms with Crippen LogP contribution >= 0.6 is 0 Å². The summed E-state index contributed by atoms with van der Waals surface area (Å²) in [5.41, 5.74) is 3.21. The zero-order chi connectivity index (χ0) is 21.4. The topological polar surface area (TPSA) is 38.9 Å². The molecule has 0 aliphatic carbocycles. The molecule has 153 valence electrons. The molecule has 0 amide bonds. The largest absolute Gasteiger partial charge is 0.456 e. The first-order valence-corrected chi connectivity index (χ1v) is 12.7. The van der Waals surface area contributed by atoms with Crippen LogP contribution in [0.2, 0.25) is 0 Å². The monoisotopic (exact) mass is 428 g/mol. The van der Waals surface area contributed by atoms with Gasteiger partial charge in [0, 0.05) is 12.4 Å². The molecule has 0 aliphatic heterocycles. The molecule has 4 heteroatoms. The minimum absolute atomic E-state index is 0.763. The third kappa shape index (κ3) is 2.73. The lowest BCUT2D eigenvalue weighted by atomic mass is 10.3. The number of furan rings is 1. The molecular weight excluding hydrogens is 408 g/mol. The third-order valence-electron chi connectivity index (χ3n) is 6.14. The first-order chi connectivity index (χ1) is 15.9. The second-order valence-corrected chi connectivity index (χ2v) is 11.6. The molecule has 0 fully saturated rings. The summed E-state index contributed by atoms with van der Waals surface area (Å²) in [7, 11) is -2.69. The molecule has 3 heterocycles. The van der Waals surface area contributed by atoms with Crippen molar-refractivity contribution < 1.29 is 4.42 Å². The first-order valence-electron chi connectivity index (χ1n) is 10.7. The Hall–Kier alpha value is -4.02. The van der Waals surface area contributed by atoms with E-state index in [4.69, 9.17) is 9.40 Å². The number of nitrogens with zero attached hydrogens (tertiary/aromatic N) is 2. The van der Waals surface area contributed by atoms with E-state index < -0.39 is 8.07 Å². The van der Waals surface area contributed by atoms with Crippen molar-refractivity contribution in [2.75, 3.05) is 0 Å². The van der Waals surface area contributed by atoms with E-state index in [2.05, 4.69) is 102 Å². The minimum atomic E-state index is -2.69. The molecule has 3 aromatic carbocycles. The first kappa shape index (κ1) is 18.7. The van der Waals surface area contributed by atoms with Gasteiger partial charge in [-0.1, -0.05) is 97.1 Å². The van der Waals surface area contributed by atoms with Crippen LogP contribution < -0.4 is 20.7 Å². The molecule has 32 heavy (non-hydrogen) atoms. The van der Waals surface area contributed by atoms with Crippen LogP contribution in [-0.4, -0.2) is 18.0 Å². The Bertz CT molecular complexity index is 1420. The summed E-state index contributed by atoms with van der Waals surface area (Å²) in [6, 6.07) is 38.5. The van der Waals surface area contributed by atoms with Crippen molar-refractivity contribution in [2.24, 2.45) is 0 Å². The van der Waals surface area contributed by atoms with Crippen LogP contribution in [0.4, 0.5) is 0 Å². The highest BCUT2D eigenvalue weighted by Crippen LogP contribution is 2.25. The number of rotatable bonds is 4. The quantitative estimate of drug-likeness (QED) is 0.317. The van der Waals surface area contributed by atoms with Crippen LogP contribution in [0.5, 0.6) is 0 Å². The Morgan fingerprint density at radius 2 is 1.03 bits per heavy atom. The van der Waals surface area contributed by atoms with Crippen molar-refractivity contribution in [2.45, 2.75) is 0 Å². The Balaban J connectivity index is 1.82. The molecule has 0 bridgehead atoms. The van der Waals surface area contributed by atoms with Gasteiger partial charge in [-0.25, -0.2) is 0 Å². The molecule has 6 aromatic rings.